The fourth-order valence-electron chi connectivity index (χ4n) is 0.946. The van der Waals surface area contributed by atoms with Gasteiger partial charge in [-0.05, 0) is 26.0 Å². The molecule has 0 fully saturated rings. The van der Waals surface area contributed by atoms with Crippen LogP contribution in [-0.2, 0) is 11.0 Å². The second-order valence-electron chi connectivity index (χ2n) is 3.88. The van der Waals surface area contributed by atoms with E-state index in [1.807, 2.05) is 0 Å². The van der Waals surface area contributed by atoms with Gasteiger partial charge in [-0.3, -0.25) is 4.98 Å². The standard InChI is InChI=1S/C11H13F3N2O2S/c1-8(2)19(17)16-5-9-3-4-10(6-15-9)18-7-11(12,13)14/h3-6,8H,7H2,1-2H3. The van der Waals surface area contributed by atoms with Crippen LogP contribution in [-0.4, -0.2) is 33.4 Å². The molecule has 1 unspecified atom stereocenters. The number of alkyl halides is 3. The van der Waals surface area contributed by atoms with E-state index in [9.17, 15) is 17.4 Å². The van der Waals surface area contributed by atoms with Gasteiger partial charge in [0, 0.05) is 0 Å². The molecule has 106 valence electrons. The summed E-state index contributed by atoms with van der Waals surface area (Å²) in [5.74, 6) is 0.0134. The minimum Gasteiger partial charge on any atom is -0.483 e. The molecule has 0 radical (unpaired) electrons. The summed E-state index contributed by atoms with van der Waals surface area (Å²) in [7, 11) is -1.34. The normalized spacial score (nSPS) is 14.0. The topological polar surface area (TPSA) is 51.5 Å². The van der Waals surface area contributed by atoms with Gasteiger partial charge in [0.25, 0.3) is 0 Å². The van der Waals surface area contributed by atoms with Gasteiger partial charge in [-0.1, -0.05) is 0 Å². The molecular weight excluding hydrogens is 281 g/mol. The summed E-state index contributed by atoms with van der Waals surface area (Å²) in [6.45, 7) is 2.16. The summed E-state index contributed by atoms with van der Waals surface area (Å²) in [5, 5.41) is -0.106. The van der Waals surface area contributed by atoms with E-state index in [1.54, 1.807) is 13.8 Å². The first-order chi connectivity index (χ1) is 8.78. The minimum atomic E-state index is -4.38. The van der Waals surface area contributed by atoms with E-state index in [2.05, 4.69) is 14.1 Å². The number of rotatable bonds is 5. The van der Waals surface area contributed by atoms with Gasteiger partial charge in [-0.15, -0.1) is 0 Å². The van der Waals surface area contributed by atoms with Crippen molar-refractivity contribution in [2.45, 2.75) is 25.3 Å². The van der Waals surface area contributed by atoms with Crippen molar-refractivity contribution in [1.29, 1.82) is 0 Å². The summed E-state index contributed by atoms with van der Waals surface area (Å²) in [4.78, 5) is 3.83. The Hall–Kier alpha value is -1.44. The summed E-state index contributed by atoms with van der Waals surface area (Å²) in [5.41, 5.74) is 0.397. The lowest BCUT2D eigenvalue weighted by Gasteiger charge is -2.08. The zero-order chi connectivity index (χ0) is 14.5. The van der Waals surface area contributed by atoms with Gasteiger partial charge >= 0.3 is 6.18 Å². The monoisotopic (exact) mass is 294 g/mol. The minimum absolute atomic E-state index is 0.0134. The molecule has 1 atom stereocenters. The molecule has 0 aliphatic rings. The second kappa shape index (κ2) is 6.65. The van der Waals surface area contributed by atoms with Crippen LogP contribution >= 0.6 is 0 Å². The average molecular weight is 294 g/mol. The Bertz CT molecular complexity index is 458. The zero-order valence-electron chi connectivity index (χ0n) is 10.3. The molecule has 19 heavy (non-hydrogen) atoms. The number of hydrogen-bond donors (Lipinski definition) is 0. The maximum absolute atomic E-state index is 11.9. The maximum Gasteiger partial charge on any atom is 0.422 e. The van der Waals surface area contributed by atoms with Crippen molar-refractivity contribution in [3.63, 3.8) is 0 Å². The molecule has 0 saturated heterocycles. The smallest absolute Gasteiger partial charge is 0.422 e. The first-order valence-corrected chi connectivity index (χ1v) is 6.55. The highest BCUT2D eigenvalue weighted by Gasteiger charge is 2.28. The number of aromatic nitrogens is 1. The van der Waals surface area contributed by atoms with E-state index in [1.165, 1.54) is 18.3 Å². The van der Waals surface area contributed by atoms with Crippen molar-refractivity contribution in [2.24, 2.45) is 4.40 Å². The Morgan fingerprint density at radius 1 is 1.47 bits per heavy atom. The summed E-state index contributed by atoms with van der Waals surface area (Å²) in [6.07, 6.45) is -1.91. The van der Waals surface area contributed by atoms with Gasteiger partial charge in [0.1, 0.15) is 16.7 Å². The number of halogens is 3. The third kappa shape index (κ3) is 6.32. The molecule has 0 amide bonds. The van der Waals surface area contributed by atoms with E-state index in [0.29, 0.717) is 5.69 Å². The zero-order valence-corrected chi connectivity index (χ0v) is 11.2. The number of hydrogen-bond acceptors (Lipinski definition) is 3. The Kier molecular flexibility index (Phi) is 5.46. The van der Waals surface area contributed by atoms with Crippen LogP contribution < -0.4 is 4.74 Å². The van der Waals surface area contributed by atoms with Gasteiger partial charge in [-0.25, -0.2) is 4.21 Å². The molecule has 1 aromatic heterocycles. The van der Waals surface area contributed by atoms with Crippen LogP contribution in [0.5, 0.6) is 5.75 Å². The SMILES string of the molecule is CC(C)S(=O)N=Cc1ccc(OCC(F)(F)F)cn1. The summed E-state index contributed by atoms with van der Waals surface area (Å²) < 4.78 is 55.3. The molecule has 1 heterocycles. The quantitative estimate of drug-likeness (QED) is 0.784. The average Bonchev–Trinajstić information content (AvgIpc) is 2.33. The van der Waals surface area contributed by atoms with Gasteiger partial charge in [0.2, 0.25) is 0 Å². The Morgan fingerprint density at radius 2 is 2.16 bits per heavy atom. The molecule has 1 aromatic rings. The van der Waals surface area contributed by atoms with Crippen molar-refractivity contribution in [3.05, 3.63) is 24.0 Å². The van der Waals surface area contributed by atoms with E-state index in [0.717, 1.165) is 6.20 Å². The van der Waals surface area contributed by atoms with Crippen LogP contribution in [0.2, 0.25) is 0 Å². The van der Waals surface area contributed by atoms with Crippen LogP contribution in [0.1, 0.15) is 19.5 Å². The predicted octanol–water partition coefficient (Wildman–Crippen LogP) is 2.51. The molecule has 0 bridgehead atoms. The fourth-order valence-corrected chi connectivity index (χ4v) is 1.40. The van der Waals surface area contributed by atoms with Gasteiger partial charge in [0.15, 0.2) is 6.61 Å². The lowest BCUT2D eigenvalue weighted by molar-refractivity contribution is -0.153. The van der Waals surface area contributed by atoms with Crippen LogP contribution in [0.25, 0.3) is 0 Å². The molecular formula is C11H13F3N2O2S. The van der Waals surface area contributed by atoms with Crippen LogP contribution in [0.15, 0.2) is 22.7 Å². The van der Waals surface area contributed by atoms with E-state index in [-0.39, 0.29) is 11.0 Å². The third-order valence-electron chi connectivity index (χ3n) is 1.85. The lowest BCUT2D eigenvalue weighted by atomic mass is 10.3. The first kappa shape index (κ1) is 15.6. The van der Waals surface area contributed by atoms with Gasteiger partial charge in [0.05, 0.1) is 23.4 Å². The Labute approximate surface area is 111 Å². The molecule has 1 rings (SSSR count). The Balaban J connectivity index is 2.59. The highest BCUT2D eigenvalue weighted by atomic mass is 32.2. The molecule has 0 aliphatic carbocycles. The van der Waals surface area contributed by atoms with Crippen molar-refractivity contribution in [3.8, 4) is 5.75 Å². The predicted molar refractivity (Wildman–Crippen MR) is 66.7 cm³/mol. The second-order valence-corrected chi connectivity index (χ2v) is 5.59. The third-order valence-corrected chi connectivity index (χ3v) is 2.97. The molecule has 0 aliphatic heterocycles. The van der Waals surface area contributed by atoms with Crippen LogP contribution in [0, 0.1) is 0 Å². The van der Waals surface area contributed by atoms with Crippen LogP contribution in [0.3, 0.4) is 0 Å². The van der Waals surface area contributed by atoms with Gasteiger partial charge in [-0.2, -0.15) is 17.6 Å². The van der Waals surface area contributed by atoms with Crippen molar-refractivity contribution >= 4 is 17.2 Å². The van der Waals surface area contributed by atoms with Crippen molar-refractivity contribution in [1.82, 2.24) is 4.98 Å². The van der Waals surface area contributed by atoms with E-state index >= 15 is 0 Å². The lowest BCUT2D eigenvalue weighted by Crippen LogP contribution is -2.19. The summed E-state index contributed by atoms with van der Waals surface area (Å²) in [6, 6.07) is 2.78. The maximum atomic E-state index is 11.9. The van der Waals surface area contributed by atoms with Crippen LogP contribution in [0.4, 0.5) is 13.2 Å². The molecule has 0 saturated carbocycles. The molecule has 4 nitrogen and oxygen atoms in total. The highest BCUT2D eigenvalue weighted by molar-refractivity contribution is 7.84. The highest BCUT2D eigenvalue weighted by Crippen LogP contribution is 2.17. The molecule has 0 N–H and O–H groups in total. The van der Waals surface area contributed by atoms with Crippen molar-refractivity contribution < 1.29 is 22.1 Å². The summed E-state index contributed by atoms with van der Waals surface area (Å²) >= 11 is 0. The Morgan fingerprint density at radius 3 is 2.63 bits per heavy atom. The molecule has 8 heteroatoms. The van der Waals surface area contributed by atoms with E-state index < -0.39 is 23.8 Å². The first-order valence-electron chi connectivity index (χ1n) is 5.38. The molecule has 0 spiro atoms. The molecule has 0 aromatic carbocycles. The largest absolute Gasteiger partial charge is 0.483 e. The van der Waals surface area contributed by atoms with E-state index in [4.69, 9.17) is 0 Å². The number of pyridine rings is 1. The fraction of sp³-hybridized carbons (Fsp3) is 0.455. The van der Waals surface area contributed by atoms with Crippen molar-refractivity contribution in [2.75, 3.05) is 6.61 Å². The number of ether oxygens (including phenoxy) is 1. The van der Waals surface area contributed by atoms with Gasteiger partial charge < -0.3 is 4.74 Å². The number of nitrogens with zero attached hydrogens (tertiary/aromatic N) is 2.